The predicted octanol–water partition coefficient (Wildman–Crippen LogP) is 2.82. The minimum atomic E-state index is 0.0395. The lowest BCUT2D eigenvalue weighted by molar-refractivity contribution is -0.119. The van der Waals surface area contributed by atoms with Gasteiger partial charge in [-0.1, -0.05) is 18.7 Å². The molecule has 1 atom stereocenters. The molecule has 29 heavy (non-hydrogen) atoms. The van der Waals surface area contributed by atoms with Crippen molar-refractivity contribution in [3.05, 3.63) is 36.7 Å². The molecule has 0 aliphatic carbocycles. The van der Waals surface area contributed by atoms with Crippen LogP contribution in [0.15, 0.2) is 41.7 Å². The maximum Gasteiger partial charge on any atom is 0.230 e. The largest absolute Gasteiger partial charge is 0.497 e. The van der Waals surface area contributed by atoms with E-state index in [4.69, 9.17) is 4.74 Å². The van der Waals surface area contributed by atoms with Crippen molar-refractivity contribution in [2.75, 3.05) is 48.8 Å². The van der Waals surface area contributed by atoms with Gasteiger partial charge < -0.3 is 19.9 Å². The van der Waals surface area contributed by atoms with Gasteiger partial charge in [-0.3, -0.25) is 4.79 Å². The maximum absolute atomic E-state index is 12.0. The molecule has 0 radical (unpaired) electrons. The van der Waals surface area contributed by atoms with Gasteiger partial charge in [-0.15, -0.1) is 0 Å². The number of anilines is 2. The molecule has 8 heteroatoms. The Morgan fingerprint density at radius 2 is 1.86 bits per heavy atom. The Kier molecular flexibility index (Phi) is 7.57. The van der Waals surface area contributed by atoms with E-state index >= 15 is 0 Å². The summed E-state index contributed by atoms with van der Waals surface area (Å²) in [6.45, 7) is 7.70. The number of methoxy groups -OCH3 is 1. The molecule has 1 aromatic carbocycles. The average molecular weight is 416 g/mol. The fourth-order valence-corrected chi connectivity index (χ4v) is 3.80. The van der Waals surface area contributed by atoms with E-state index in [1.165, 1.54) is 17.4 Å². The summed E-state index contributed by atoms with van der Waals surface area (Å²) < 4.78 is 5.23. The second kappa shape index (κ2) is 10.3. The van der Waals surface area contributed by atoms with Gasteiger partial charge in [-0.05, 0) is 37.6 Å². The molecule has 0 unspecified atom stereocenters. The molecule has 1 aromatic heterocycles. The number of hydrogen-bond donors (Lipinski definition) is 1. The van der Waals surface area contributed by atoms with Crippen LogP contribution in [0.5, 0.6) is 5.75 Å². The fraction of sp³-hybridized carbons (Fsp3) is 0.476. The van der Waals surface area contributed by atoms with Gasteiger partial charge in [0.25, 0.3) is 0 Å². The molecule has 1 N–H and O–H groups in total. The third-order valence-electron chi connectivity index (χ3n) is 5.04. The lowest BCUT2D eigenvalue weighted by Crippen LogP contribution is -2.46. The van der Waals surface area contributed by atoms with Crippen LogP contribution in [0.2, 0.25) is 0 Å². The van der Waals surface area contributed by atoms with Gasteiger partial charge >= 0.3 is 0 Å². The number of nitrogens with one attached hydrogen (secondary N) is 1. The molecule has 1 aliphatic rings. The highest BCUT2D eigenvalue weighted by atomic mass is 32.2. The van der Waals surface area contributed by atoms with E-state index in [1.807, 2.05) is 25.1 Å². The first-order valence-electron chi connectivity index (χ1n) is 9.97. The van der Waals surface area contributed by atoms with Crippen LogP contribution in [0.4, 0.5) is 11.5 Å². The lowest BCUT2D eigenvalue weighted by Gasteiger charge is -2.36. The summed E-state index contributed by atoms with van der Waals surface area (Å²) in [5.74, 6) is 2.19. The van der Waals surface area contributed by atoms with E-state index in [9.17, 15) is 4.79 Å². The number of piperazine rings is 1. The normalized spacial score (nSPS) is 15.1. The van der Waals surface area contributed by atoms with Crippen LogP contribution in [-0.2, 0) is 4.79 Å². The number of nitrogens with zero attached hydrogens (tertiary/aromatic N) is 4. The van der Waals surface area contributed by atoms with Gasteiger partial charge in [0.05, 0.1) is 12.9 Å². The van der Waals surface area contributed by atoms with Gasteiger partial charge in [-0.2, -0.15) is 0 Å². The molecule has 7 nitrogen and oxygen atoms in total. The number of carbonyl (C=O) groups is 1. The smallest absolute Gasteiger partial charge is 0.230 e. The number of benzene rings is 1. The summed E-state index contributed by atoms with van der Waals surface area (Å²) in [5, 5.41) is 3.80. The van der Waals surface area contributed by atoms with Gasteiger partial charge in [0.15, 0.2) is 0 Å². The van der Waals surface area contributed by atoms with E-state index in [0.717, 1.165) is 49.2 Å². The lowest BCUT2D eigenvalue weighted by atomic mass is 10.2. The first kappa shape index (κ1) is 21.2. The monoisotopic (exact) mass is 415 g/mol. The fourth-order valence-electron chi connectivity index (χ4n) is 3.13. The van der Waals surface area contributed by atoms with E-state index in [0.29, 0.717) is 5.75 Å². The molecule has 3 rings (SSSR count). The zero-order chi connectivity index (χ0) is 20.6. The van der Waals surface area contributed by atoms with E-state index in [1.54, 1.807) is 13.4 Å². The topological polar surface area (TPSA) is 70.6 Å². The van der Waals surface area contributed by atoms with E-state index in [2.05, 4.69) is 44.1 Å². The maximum atomic E-state index is 12.0. The highest BCUT2D eigenvalue weighted by Gasteiger charge is 2.19. The Morgan fingerprint density at radius 1 is 1.17 bits per heavy atom. The zero-order valence-electron chi connectivity index (χ0n) is 17.3. The molecular weight excluding hydrogens is 386 g/mol. The Labute approximate surface area is 176 Å². The highest BCUT2D eigenvalue weighted by Crippen LogP contribution is 2.24. The van der Waals surface area contributed by atoms with Crippen LogP contribution >= 0.6 is 11.8 Å². The Morgan fingerprint density at radius 3 is 2.52 bits per heavy atom. The SMILES string of the molecule is CC[C@@H](C)NC(=O)CSc1cc(N2CCN(c3ccc(OC)cc3)CC2)ncn1. The van der Waals surface area contributed by atoms with Gasteiger partial charge in [0, 0.05) is 44.0 Å². The Balaban J connectivity index is 1.52. The van der Waals surface area contributed by atoms with Crippen LogP contribution in [0.3, 0.4) is 0 Å². The van der Waals surface area contributed by atoms with Crippen LogP contribution in [-0.4, -0.2) is 61.0 Å². The Hall–Kier alpha value is -2.48. The first-order valence-corrected chi connectivity index (χ1v) is 11.0. The minimum Gasteiger partial charge on any atom is -0.497 e. The molecular formula is C21H29N5O2S. The third kappa shape index (κ3) is 6.00. The van der Waals surface area contributed by atoms with Crippen LogP contribution in [0.25, 0.3) is 0 Å². The molecule has 156 valence electrons. The Bertz CT molecular complexity index is 794. The molecule has 2 heterocycles. The van der Waals surface area contributed by atoms with Crippen molar-refractivity contribution < 1.29 is 9.53 Å². The van der Waals surface area contributed by atoms with Crippen LogP contribution < -0.4 is 19.9 Å². The molecule has 0 bridgehead atoms. The summed E-state index contributed by atoms with van der Waals surface area (Å²) in [4.78, 5) is 25.4. The van der Waals surface area contributed by atoms with E-state index < -0.39 is 0 Å². The average Bonchev–Trinajstić information content (AvgIpc) is 2.78. The standard InChI is InChI=1S/C21H29N5O2S/c1-4-16(2)24-20(27)14-29-21-13-19(22-15-23-21)26-11-9-25(10-12-26)17-5-7-18(28-3)8-6-17/h5-8,13,15-16H,4,9-12,14H2,1-3H3,(H,24,27)/t16-/m1/s1. The summed E-state index contributed by atoms with van der Waals surface area (Å²) in [7, 11) is 1.68. The van der Waals surface area contributed by atoms with Crippen LogP contribution in [0.1, 0.15) is 20.3 Å². The van der Waals surface area contributed by atoms with Crippen molar-refractivity contribution in [1.29, 1.82) is 0 Å². The second-order valence-corrected chi connectivity index (χ2v) is 8.05. The van der Waals surface area contributed by atoms with Gasteiger partial charge in [0.2, 0.25) is 5.91 Å². The second-order valence-electron chi connectivity index (χ2n) is 7.05. The predicted molar refractivity (Wildman–Crippen MR) is 118 cm³/mol. The van der Waals surface area contributed by atoms with Gasteiger partial charge in [0.1, 0.15) is 22.9 Å². The summed E-state index contributed by atoms with van der Waals surface area (Å²) in [6, 6.07) is 10.4. The number of aromatic nitrogens is 2. The van der Waals surface area contributed by atoms with Crippen molar-refractivity contribution >= 4 is 29.2 Å². The number of thioether (sulfide) groups is 1. The minimum absolute atomic E-state index is 0.0395. The summed E-state index contributed by atoms with van der Waals surface area (Å²) in [6.07, 6.45) is 2.51. The van der Waals surface area contributed by atoms with Gasteiger partial charge in [-0.25, -0.2) is 9.97 Å². The molecule has 1 fully saturated rings. The highest BCUT2D eigenvalue weighted by molar-refractivity contribution is 7.99. The summed E-state index contributed by atoms with van der Waals surface area (Å²) >= 11 is 1.45. The van der Waals surface area contributed by atoms with Crippen molar-refractivity contribution in [2.24, 2.45) is 0 Å². The zero-order valence-corrected chi connectivity index (χ0v) is 18.1. The molecule has 1 saturated heterocycles. The molecule has 2 aromatic rings. The number of amides is 1. The van der Waals surface area contributed by atoms with Crippen LogP contribution in [0, 0.1) is 0 Å². The third-order valence-corrected chi connectivity index (χ3v) is 5.97. The number of ether oxygens (including phenoxy) is 1. The molecule has 0 saturated carbocycles. The summed E-state index contributed by atoms with van der Waals surface area (Å²) in [5.41, 5.74) is 1.21. The molecule has 0 spiro atoms. The number of hydrogen-bond acceptors (Lipinski definition) is 7. The molecule has 1 aliphatic heterocycles. The number of carbonyl (C=O) groups excluding carboxylic acids is 1. The first-order chi connectivity index (χ1) is 14.1. The van der Waals surface area contributed by atoms with Crippen molar-refractivity contribution in [2.45, 2.75) is 31.3 Å². The molecule has 1 amide bonds. The van der Waals surface area contributed by atoms with Crippen molar-refractivity contribution in [3.8, 4) is 5.75 Å². The quantitative estimate of drug-likeness (QED) is 0.525. The number of rotatable bonds is 8. The van der Waals surface area contributed by atoms with Crippen molar-refractivity contribution in [1.82, 2.24) is 15.3 Å². The van der Waals surface area contributed by atoms with E-state index in [-0.39, 0.29) is 11.9 Å². The van der Waals surface area contributed by atoms with Crippen molar-refractivity contribution in [3.63, 3.8) is 0 Å².